The molecule has 29 nitrogen and oxygen atoms in total. The van der Waals surface area contributed by atoms with E-state index in [4.69, 9.17) is 47.1 Å². The van der Waals surface area contributed by atoms with Crippen molar-refractivity contribution in [2.75, 3.05) is 13.2 Å². The van der Waals surface area contributed by atoms with Crippen molar-refractivity contribution in [2.45, 2.75) is 55.1 Å². The first kappa shape index (κ1) is 42.7. The second-order valence-corrected chi connectivity index (χ2v) is 12.4. The zero-order valence-electron chi connectivity index (χ0n) is 21.7. The van der Waals surface area contributed by atoms with Gasteiger partial charge in [0.25, 0.3) is 0 Å². The number of carbonyl (C=O) groups is 1. The van der Waals surface area contributed by atoms with Gasteiger partial charge in [-0.2, -0.15) is 25.3 Å². The molecule has 0 amide bonds. The van der Waals surface area contributed by atoms with E-state index in [2.05, 4.69) is 40.7 Å². The maximum atomic E-state index is 12.1. The van der Waals surface area contributed by atoms with Gasteiger partial charge in [0.2, 0.25) is 0 Å². The first-order chi connectivity index (χ1) is 21.9. The van der Waals surface area contributed by atoms with E-state index in [1.165, 1.54) is 0 Å². The predicted molar refractivity (Wildman–Crippen MR) is 133 cm³/mol. The predicted octanol–water partition coefficient (Wildman–Crippen LogP) is -2.12. The number of rotatable bonds is 23. The van der Waals surface area contributed by atoms with Crippen LogP contribution in [-0.2, 0) is 103 Å². The quantitative estimate of drug-likeness (QED) is 0.0190. The van der Waals surface area contributed by atoms with Crippen LogP contribution in [-0.4, -0.2) is 134 Å². The Labute approximate surface area is 273 Å². The molecule has 0 aliphatic carbocycles. The van der Waals surface area contributed by atoms with Crippen LogP contribution in [0.25, 0.3) is 0 Å². The van der Waals surface area contributed by atoms with Gasteiger partial charge in [-0.3, -0.25) is 26.2 Å². The van der Waals surface area contributed by atoms with Crippen molar-refractivity contribution in [3.8, 4) is 0 Å². The van der Waals surface area contributed by atoms with Crippen LogP contribution in [0.3, 0.4) is 0 Å². The van der Waals surface area contributed by atoms with Crippen molar-refractivity contribution in [3.05, 3.63) is 0 Å². The fraction of sp³-hybridized carbons (Fsp3) is 0.917. The van der Waals surface area contributed by atoms with Gasteiger partial charge in [-0.1, -0.05) is 15.1 Å². The monoisotopic (exact) mass is 820 g/mol. The summed E-state index contributed by atoms with van der Waals surface area (Å²) < 4.78 is 153. The Kier molecular flexibility index (Phi) is 18.0. The lowest BCUT2D eigenvalue weighted by molar-refractivity contribution is -0.436. The van der Waals surface area contributed by atoms with Crippen molar-refractivity contribution in [2.24, 2.45) is 0 Å². The van der Waals surface area contributed by atoms with Crippen LogP contribution >= 0.6 is 37.0 Å². The van der Waals surface area contributed by atoms with Crippen LogP contribution in [0, 0.1) is 0 Å². The van der Waals surface area contributed by atoms with E-state index in [1.807, 2.05) is 0 Å². The van der Waals surface area contributed by atoms with E-state index >= 15 is 0 Å². The van der Waals surface area contributed by atoms with E-state index in [0.717, 1.165) is 0 Å². The zero-order chi connectivity index (χ0) is 35.4. The highest BCUT2D eigenvalue weighted by Gasteiger charge is 2.58. The zero-order valence-corrected chi connectivity index (χ0v) is 26.6. The van der Waals surface area contributed by atoms with Gasteiger partial charge in [0.05, 0.1) is 13.2 Å². The molecule has 0 bridgehead atoms. The summed E-state index contributed by atoms with van der Waals surface area (Å²) in [6.45, 7) is -2.16. The third-order valence-electron chi connectivity index (χ3n) is 5.04. The van der Waals surface area contributed by atoms with Crippen molar-refractivity contribution < 1.29 is 132 Å². The summed E-state index contributed by atoms with van der Waals surface area (Å²) in [6.07, 6.45) is -20.0. The standard InChI is InChI=1S/C12H20O29S6/c13-11(14)9-7(32-43-40-37-16)8(33-44-41-38-17)10(35-47(24,25)26)12(31-9)30-5-3(1-27-42-39-36-15)29-4(2-28-45(18,19)20)6(5)34-46(21,22)23/h3-10,12,15-17H,1-2H2,(H,13,14)(H,18,19,20)(H,21,22,23)(H,24,25,26). The number of ether oxygens (including phenoxy) is 3. The Morgan fingerprint density at radius 1 is 0.638 bits per heavy atom. The topological polar surface area (TPSA) is 400 Å². The fourth-order valence-corrected chi connectivity index (χ4v) is 5.93. The van der Waals surface area contributed by atoms with Crippen LogP contribution in [0.5, 0.6) is 0 Å². The van der Waals surface area contributed by atoms with Crippen molar-refractivity contribution in [3.63, 3.8) is 0 Å². The molecule has 35 heteroatoms. The van der Waals surface area contributed by atoms with Gasteiger partial charge in [0.15, 0.2) is 55.5 Å². The molecular formula is C12H20O29S6. The van der Waals surface area contributed by atoms with E-state index in [0.29, 0.717) is 0 Å². The summed E-state index contributed by atoms with van der Waals surface area (Å²) in [6, 6.07) is 0. The summed E-state index contributed by atoms with van der Waals surface area (Å²) in [5.41, 5.74) is 0. The molecule has 9 unspecified atom stereocenters. The van der Waals surface area contributed by atoms with Crippen molar-refractivity contribution in [1.29, 1.82) is 0 Å². The average Bonchev–Trinajstić information content (AvgIpc) is 3.25. The Morgan fingerprint density at radius 2 is 1.15 bits per heavy atom. The minimum absolute atomic E-state index is 0.102. The number of carboxylic acid groups (broad SMARTS) is 1. The SMILES string of the molecule is O=C(O)C1OC(OC2C(COSOOO)OC(COS(=O)(=O)O)C2OS(=O)(=O)O)C(OS(=O)(=O)O)C(OSOOO)C1OSOOO. The molecule has 2 saturated heterocycles. The normalized spacial score (nSPS) is 30.5. The largest absolute Gasteiger partial charge is 0.479 e. The Balaban J connectivity index is 2.61. The van der Waals surface area contributed by atoms with Gasteiger partial charge in [0.1, 0.15) is 36.6 Å². The molecule has 2 fully saturated rings. The fourth-order valence-electron chi connectivity index (χ4n) is 3.65. The first-order valence-corrected chi connectivity index (χ1v) is 17.0. The lowest BCUT2D eigenvalue weighted by Crippen LogP contribution is -2.63. The maximum absolute atomic E-state index is 12.1. The lowest BCUT2D eigenvalue weighted by Gasteiger charge is -2.43. The molecule has 2 aliphatic heterocycles. The molecule has 0 aromatic carbocycles. The molecule has 2 aliphatic rings. The highest BCUT2D eigenvalue weighted by molar-refractivity contribution is 7.90. The van der Waals surface area contributed by atoms with Gasteiger partial charge in [0, 0.05) is 0 Å². The molecule has 9 atom stereocenters. The molecular weight excluding hydrogens is 801 g/mol. The molecule has 0 aromatic rings. The third-order valence-corrected chi connectivity index (χ3v) is 7.59. The Hall–Kier alpha value is -0.470. The van der Waals surface area contributed by atoms with Crippen molar-refractivity contribution >= 4 is 74.1 Å². The van der Waals surface area contributed by atoms with Gasteiger partial charge >= 0.3 is 37.2 Å². The molecule has 0 saturated carbocycles. The summed E-state index contributed by atoms with van der Waals surface area (Å²) >= 11 is -0.753. The summed E-state index contributed by atoms with van der Waals surface area (Å²) in [5, 5.41) is 44.6. The first-order valence-electron chi connectivity index (χ1n) is 10.9. The minimum Gasteiger partial charge on any atom is -0.479 e. The summed E-state index contributed by atoms with van der Waals surface area (Å²) in [7, 11) is -16.4. The molecule has 0 radical (unpaired) electrons. The Bertz CT molecular complexity index is 1280. The highest BCUT2D eigenvalue weighted by Crippen LogP contribution is 2.38. The van der Waals surface area contributed by atoms with Gasteiger partial charge in [-0.25, -0.2) is 33.1 Å². The number of aliphatic carboxylic acids is 1. The molecule has 0 spiro atoms. The van der Waals surface area contributed by atoms with Gasteiger partial charge in [-0.05, 0) is 0 Å². The minimum atomic E-state index is -5.62. The van der Waals surface area contributed by atoms with Crippen molar-refractivity contribution in [1.82, 2.24) is 0 Å². The molecule has 7 N–H and O–H groups in total. The number of hydrogen-bond acceptors (Lipinski definition) is 28. The summed E-state index contributed by atoms with van der Waals surface area (Å²) in [5.74, 6) is -1.96. The highest BCUT2D eigenvalue weighted by atomic mass is 32.3. The number of hydrogen-bond donors (Lipinski definition) is 7. The second kappa shape index (κ2) is 19.8. The van der Waals surface area contributed by atoms with E-state index in [9.17, 15) is 44.3 Å². The van der Waals surface area contributed by atoms with Crippen LogP contribution in [0.1, 0.15) is 0 Å². The third kappa shape index (κ3) is 15.1. The van der Waals surface area contributed by atoms with Gasteiger partial charge < -0.3 is 19.3 Å². The molecule has 47 heavy (non-hydrogen) atoms. The van der Waals surface area contributed by atoms with E-state index in [1.54, 1.807) is 0 Å². The smallest absolute Gasteiger partial charge is 0.397 e. The molecule has 0 aromatic heterocycles. The van der Waals surface area contributed by atoms with Crippen LogP contribution in [0.15, 0.2) is 0 Å². The second-order valence-electron chi connectivity index (χ2n) is 7.80. The number of carboxylic acids is 1. The van der Waals surface area contributed by atoms with Crippen LogP contribution in [0.4, 0.5) is 0 Å². The molecule has 278 valence electrons. The molecule has 2 rings (SSSR count). The lowest BCUT2D eigenvalue weighted by atomic mass is 9.98. The maximum Gasteiger partial charge on any atom is 0.397 e. The van der Waals surface area contributed by atoms with Crippen LogP contribution in [0.2, 0.25) is 0 Å². The van der Waals surface area contributed by atoms with E-state index in [-0.39, 0.29) is 37.0 Å². The van der Waals surface area contributed by atoms with Gasteiger partial charge in [-0.15, -0.1) is 13.0 Å². The summed E-state index contributed by atoms with van der Waals surface area (Å²) in [4.78, 5) is 12.1. The average molecular weight is 821 g/mol. The molecule has 2 heterocycles. The van der Waals surface area contributed by atoms with Crippen LogP contribution < -0.4 is 0 Å². The Morgan fingerprint density at radius 3 is 1.66 bits per heavy atom. The van der Waals surface area contributed by atoms with E-state index < -0.39 is 106 Å².